The summed E-state index contributed by atoms with van der Waals surface area (Å²) >= 11 is 0. The molecule has 4 atom stereocenters. The molecule has 0 aliphatic heterocycles. The molecule has 0 aliphatic carbocycles. The number of hydrogen-bond acceptors (Lipinski definition) is 8. The Morgan fingerprint density at radius 2 is 1.40 bits per heavy atom. The summed E-state index contributed by atoms with van der Waals surface area (Å²) in [6.07, 6.45) is -6.84. The Morgan fingerprint density at radius 3 is 1.67 bits per heavy atom. The van der Waals surface area contributed by atoms with Crippen LogP contribution in [-0.2, 0) is 4.79 Å². The summed E-state index contributed by atoms with van der Waals surface area (Å²) in [5.74, 6) is 0. The van der Waals surface area contributed by atoms with E-state index < -0.39 is 31.0 Å². The Hall–Kier alpha value is 0.650. The molecule has 0 spiro atoms. The van der Waals surface area contributed by atoms with Gasteiger partial charge in [-0.25, -0.2) is 0 Å². The average Bonchev–Trinajstić information content (AvgIpc) is 2.12. The van der Waals surface area contributed by atoms with Crippen LogP contribution < -0.4 is 0 Å². The van der Waals surface area contributed by atoms with Gasteiger partial charge in [0.25, 0.3) is 0 Å². The predicted molar refractivity (Wildman–Crippen MR) is 46.8 cm³/mol. The van der Waals surface area contributed by atoms with Crippen molar-refractivity contribution in [1.29, 1.82) is 0 Å². The van der Waals surface area contributed by atoms with E-state index >= 15 is 0 Å². The Balaban J connectivity index is -0.000000202. The molecule has 0 bridgehead atoms. The number of carbonyl (C=O) groups is 1. The molecule has 0 saturated carbocycles. The van der Waals surface area contributed by atoms with Crippen LogP contribution in [0.25, 0.3) is 0 Å². The molecule has 88 valence electrons. The molecule has 0 aliphatic rings. The molecule has 0 radical (unpaired) electrons. The average molecular weight is 254 g/mol. The fourth-order valence-corrected chi connectivity index (χ4v) is 0.618. The van der Waals surface area contributed by atoms with Gasteiger partial charge in [0, 0.05) is 0 Å². The Morgan fingerprint density at radius 1 is 1.00 bits per heavy atom. The van der Waals surface area contributed by atoms with Crippen molar-refractivity contribution >= 4 is 44.0 Å². The smallest absolute Gasteiger partial charge is 0.870 e. The van der Waals surface area contributed by atoms with Crippen LogP contribution in [0, 0.1) is 0 Å². The van der Waals surface area contributed by atoms with Crippen LogP contribution in [0.15, 0.2) is 0 Å². The molecule has 0 heterocycles. The number of carbonyl (C=O) groups excluding carboxylic acids is 1. The minimum atomic E-state index is -1.79. The van der Waals surface area contributed by atoms with Crippen LogP contribution >= 0.6 is 0 Å². The quantitative estimate of drug-likeness (QED) is 0.242. The molecule has 9 heteroatoms. The predicted octanol–water partition coefficient (Wildman–Crippen LogP) is -4.11. The first-order valence-electron chi connectivity index (χ1n) is 3.33. The summed E-state index contributed by atoms with van der Waals surface area (Å²) in [7, 11) is 0. The van der Waals surface area contributed by atoms with E-state index in [1.54, 1.807) is 0 Å². The van der Waals surface area contributed by atoms with E-state index in [0.29, 0.717) is 0 Å². The molecule has 0 unspecified atom stereocenters. The van der Waals surface area contributed by atoms with E-state index in [1.807, 2.05) is 0 Å². The topological polar surface area (TPSA) is 178 Å². The number of aldehydes is 1. The Bertz CT molecular complexity index is 145. The third kappa shape index (κ3) is 8.46. The molecule has 0 saturated heterocycles. The van der Waals surface area contributed by atoms with Gasteiger partial charge in [-0.2, -0.15) is 0 Å². The second-order valence-corrected chi connectivity index (χ2v) is 2.36. The SMILES string of the molecule is O=C[C@H](O)[C@@H](O)[C@H](O)[C@H](O)CO.[Ca+2].[OH-].[OH-]. The zero-order chi connectivity index (χ0) is 9.72. The standard InChI is InChI=1S/C6H12O6.Ca.2H2O/c7-1-3(9)5(11)6(12)4(10)2-8;;;/h1,3-6,8-12H,2H2;;2*1H2/q;+2;;/p-2/t3-,4+,5+,6+;;;/m0.../s1. The number of rotatable bonds is 5. The monoisotopic (exact) mass is 254 g/mol. The summed E-state index contributed by atoms with van der Waals surface area (Å²) < 4.78 is 0. The van der Waals surface area contributed by atoms with Crippen molar-refractivity contribution in [3.05, 3.63) is 0 Å². The maximum atomic E-state index is 9.90. The van der Waals surface area contributed by atoms with Gasteiger partial charge in [-0.05, 0) is 0 Å². The minimum Gasteiger partial charge on any atom is -0.870 e. The summed E-state index contributed by atoms with van der Waals surface area (Å²) in [4.78, 5) is 9.90. The van der Waals surface area contributed by atoms with Gasteiger partial charge in [0.2, 0.25) is 0 Å². The number of hydrogen-bond donors (Lipinski definition) is 5. The largest absolute Gasteiger partial charge is 2.00 e. The molecular formula is C6H14CaO8. The van der Waals surface area contributed by atoms with E-state index in [0.717, 1.165) is 0 Å². The second kappa shape index (κ2) is 12.7. The zero-order valence-electron chi connectivity index (χ0n) is 7.84. The normalized spacial score (nSPS) is 16.9. The van der Waals surface area contributed by atoms with Crippen molar-refractivity contribution in [3.8, 4) is 0 Å². The molecular weight excluding hydrogens is 240 g/mol. The molecule has 0 aromatic carbocycles. The van der Waals surface area contributed by atoms with Gasteiger partial charge in [-0.1, -0.05) is 0 Å². The zero-order valence-corrected chi connectivity index (χ0v) is 10.0. The second-order valence-electron chi connectivity index (χ2n) is 2.36. The molecule has 15 heavy (non-hydrogen) atoms. The molecule has 0 fully saturated rings. The van der Waals surface area contributed by atoms with E-state index in [4.69, 9.17) is 25.5 Å². The van der Waals surface area contributed by atoms with E-state index in [1.165, 1.54) is 0 Å². The first-order chi connectivity index (χ1) is 5.54. The summed E-state index contributed by atoms with van der Waals surface area (Å²) in [6, 6.07) is 0. The van der Waals surface area contributed by atoms with Gasteiger partial charge in [-0.15, -0.1) is 0 Å². The van der Waals surface area contributed by atoms with Gasteiger partial charge in [-0.3, -0.25) is 0 Å². The first-order valence-corrected chi connectivity index (χ1v) is 3.33. The number of aliphatic hydroxyl groups excluding tert-OH is 5. The van der Waals surface area contributed by atoms with Crippen LogP contribution in [0.4, 0.5) is 0 Å². The van der Waals surface area contributed by atoms with Gasteiger partial charge < -0.3 is 41.3 Å². The van der Waals surface area contributed by atoms with Crippen molar-refractivity contribution in [2.75, 3.05) is 6.61 Å². The van der Waals surface area contributed by atoms with Crippen LogP contribution in [0.1, 0.15) is 0 Å². The van der Waals surface area contributed by atoms with E-state index in [2.05, 4.69) is 0 Å². The minimum absolute atomic E-state index is 0. The first kappa shape index (κ1) is 24.7. The van der Waals surface area contributed by atoms with Gasteiger partial charge in [0.05, 0.1) is 6.61 Å². The fraction of sp³-hybridized carbons (Fsp3) is 0.833. The Labute approximate surface area is 116 Å². The fourth-order valence-electron chi connectivity index (χ4n) is 0.618. The van der Waals surface area contributed by atoms with Gasteiger partial charge in [0.15, 0.2) is 6.29 Å². The molecule has 8 nitrogen and oxygen atoms in total. The Kier molecular flexibility index (Phi) is 21.0. The summed E-state index contributed by atoms with van der Waals surface area (Å²) in [5.41, 5.74) is 0. The van der Waals surface area contributed by atoms with E-state index in [-0.39, 0.29) is 55.0 Å². The van der Waals surface area contributed by atoms with Crippen molar-refractivity contribution in [2.24, 2.45) is 0 Å². The van der Waals surface area contributed by atoms with Crippen LogP contribution in [0.3, 0.4) is 0 Å². The van der Waals surface area contributed by atoms with Gasteiger partial charge >= 0.3 is 37.7 Å². The van der Waals surface area contributed by atoms with Crippen LogP contribution in [0.5, 0.6) is 0 Å². The third-order valence-electron chi connectivity index (χ3n) is 1.42. The number of aliphatic hydroxyl groups is 5. The molecule has 0 rings (SSSR count). The third-order valence-corrected chi connectivity index (χ3v) is 1.42. The van der Waals surface area contributed by atoms with Crippen molar-refractivity contribution in [3.63, 3.8) is 0 Å². The molecule has 7 N–H and O–H groups in total. The summed E-state index contributed by atoms with van der Waals surface area (Å²) in [6.45, 7) is -0.760. The van der Waals surface area contributed by atoms with E-state index in [9.17, 15) is 4.79 Å². The van der Waals surface area contributed by atoms with Crippen LogP contribution in [0.2, 0.25) is 0 Å². The molecule has 0 aromatic rings. The van der Waals surface area contributed by atoms with Gasteiger partial charge in [0.1, 0.15) is 24.4 Å². The maximum absolute atomic E-state index is 9.90. The summed E-state index contributed by atoms with van der Waals surface area (Å²) in [5, 5.41) is 43.5. The maximum Gasteiger partial charge on any atom is 2.00 e. The molecule has 0 aromatic heterocycles. The van der Waals surface area contributed by atoms with Crippen molar-refractivity contribution in [2.45, 2.75) is 24.4 Å². The van der Waals surface area contributed by atoms with Crippen molar-refractivity contribution in [1.82, 2.24) is 0 Å². The van der Waals surface area contributed by atoms with Crippen LogP contribution in [-0.4, -0.2) is 112 Å². The van der Waals surface area contributed by atoms with Crippen molar-refractivity contribution < 1.29 is 41.3 Å². The molecule has 0 amide bonds.